The fourth-order valence-corrected chi connectivity index (χ4v) is 2.15. The highest BCUT2D eigenvalue weighted by molar-refractivity contribution is 6.00. The quantitative estimate of drug-likeness (QED) is 0.363. The van der Waals surface area contributed by atoms with Crippen molar-refractivity contribution in [1.29, 1.82) is 0 Å². The Morgan fingerprint density at radius 1 is 0.897 bits per heavy atom. The molecule has 0 saturated heterocycles. The van der Waals surface area contributed by atoms with Crippen LogP contribution in [0.3, 0.4) is 0 Å². The van der Waals surface area contributed by atoms with Crippen molar-refractivity contribution in [2.24, 2.45) is 10.1 Å². The number of carbonyl (C=O) groups is 1. The van der Waals surface area contributed by atoms with Crippen molar-refractivity contribution in [1.82, 2.24) is 5.43 Å². The molecule has 0 unspecified atom stereocenters. The first-order valence-electron chi connectivity index (χ1n) is 7.89. The summed E-state index contributed by atoms with van der Waals surface area (Å²) in [5.74, 6) is -1.24. The molecule has 3 aromatic rings. The first-order valence-corrected chi connectivity index (χ1v) is 7.89. The van der Waals surface area contributed by atoms with Gasteiger partial charge in [-0.15, -0.1) is 0 Å². The minimum absolute atomic E-state index is 0.0859. The molecule has 1 aromatic carbocycles. The molecule has 0 saturated carbocycles. The Labute approximate surface area is 161 Å². The van der Waals surface area contributed by atoms with Gasteiger partial charge in [0.2, 0.25) is 0 Å². The minimum atomic E-state index is -0.697. The van der Waals surface area contributed by atoms with Crippen molar-refractivity contribution in [3.63, 3.8) is 0 Å². The molecular formula is C17H11N5O7. The van der Waals surface area contributed by atoms with E-state index >= 15 is 0 Å². The predicted molar refractivity (Wildman–Crippen MR) is 99.5 cm³/mol. The van der Waals surface area contributed by atoms with E-state index in [9.17, 15) is 25.0 Å². The number of hydrazone groups is 1. The molecule has 0 radical (unpaired) electrons. The lowest BCUT2D eigenvalue weighted by Gasteiger charge is -2.03. The highest BCUT2D eigenvalue weighted by Gasteiger charge is 2.13. The van der Waals surface area contributed by atoms with Crippen LogP contribution in [0.25, 0.3) is 0 Å². The highest BCUT2D eigenvalue weighted by atomic mass is 16.7. The van der Waals surface area contributed by atoms with Gasteiger partial charge in [-0.2, -0.15) is 5.10 Å². The summed E-state index contributed by atoms with van der Waals surface area (Å²) < 4.78 is 9.85. The summed E-state index contributed by atoms with van der Waals surface area (Å²) in [5, 5.41) is 24.9. The largest absolute Gasteiger partial charge is 0.433 e. The van der Waals surface area contributed by atoms with Crippen LogP contribution in [-0.4, -0.2) is 28.2 Å². The molecule has 0 spiro atoms. The van der Waals surface area contributed by atoms with Gasteiger partial charge >= 0.3 is 11.8 Å². The molecule has 0 aliphatic heterocycles. The van der Waals surface area contributed by atoms with Crippen molar-refractivity contribution >= 4 is 35.8 Å². The number of para-hydroxylation sites is 1. The summed E-state index contributed by atoms with van der Waals surface area (Å²) in [6, 6.07) is 11.4. The van der Waals surface area contributed by atoms with Crippen LogP contribution in [0.2, 0.25) is 0 Å². The lowest BCUT2D eigenvalue weighted by atomic mass is 10.2. The summed E-state index contributed by atoms with van der Waals surface area (Å²) in [7, 11) is 0. The summed E-state index contributed by atoms with van der Waals surface area (Å²) >= 11 is 0. The SMILES string of the molecule is O=C(N/N=C/c1ccc([N+](=O)[O-])o1)c1ccccc1N=Cc1ccc([N+](=O)[O-])o1. The zero-order chi connectivity index (χ0) is 20.8. The molecule has 0 aliphatic carbocycles. The van der Waals surface area contributed by atoms with Gasteiger partial charge in [-0.3, -0.25) is 30.0 Å². The van der Waals surface area contributed by atoms with Crippen LogP contribution >= 0.6 is 0 Å². The Kier molecular flexibility index (Phi) is 5.54. The fourth-order valence-electron chi connectivity index (χ4n) is 2.15. The third-order valence-electron chi connectivity index (χ3n) is 3.42. The van der Waals surface area contributed by atoms with Gasteiger partial charge in [0.1, 0.15) is 9.85 Å². The number of amides is 1. The van der Waals surface area contributed by atoms with Crippen molar-refractivity contribution in [2.45, 2.75) is 0 Å². The molecular weight excluding hydrogens is 386 g/mol. The molecule has 3 rings (SSSR count). The summed E-state index contributed by atoms with van der Waals surface area (Å²) in [4.78, 5) is 36.3. The lowest BCUT2D eigenvalue weighted by molar-refractivity contribution is -0.402. The first kappa shape index (κ1) is 19.2. The normalized spacial score (nSPS) is 11.2. The smallest absolute Gasteiger partial charge is 0.400 e. The Morgan fingerprint density at radius 2 is 1.48 bits per heavy atom. The Bertz CT molecular complexity index is 1130. The maximum atomic E-state index is 12.3. The van der Waals surface area contributed by atoms with Gasteiger partial charge in [0.05, 0.1) is 35.8 Å². The highest BCUT2D eigenvalue weighted by Crippen LogP contribution is 2.20. The van der Waals surface area contributed by atoms with E-state index in [1.54, 1.807) is 18.2 Å². The van der Waals surface area contributed by atoms with Gasteiger partial charge in [0.25, 0.3) is 5.91 Å². The number of nitro groups is 2. The lowest BCUT2D eigenvalue weighted by Crippen LogP contribution is -2.17. The van der Waals surface area contributed by atoms with E-state index in [0.717, 1.165) is 12.3 Å². The van der Waals surface area contributed by atoms with Crippen LogP contribution in [0.4, 0.5) is 17.5 Å². The molecule has 0 fully saturated rings. The third-order valence-corrected chi connectivity index (χ3v) is 3.42. The van der Waals surface area contributed by atoms with Crippen molar-refractivity contribution < 1.29 is 23.5 Å². The van der Waals surface area contributed by atoms with Crippen LogP contribution < -0.4 is 5.43 Å². The van der Waals surface area contributed by atoms with Crippen molar-refractivity contribution in [3.8, 4) is 0 Å². The summed E-state index contributed by atoms with van der Waals surface area (Å²) in [6.45, 7) is 0. The van der Waals surface area contributed by atoms with E-state index in [-0.39, 0.29) is 22.8 Å². The van der Waals surface area contributed by atoms with Gasteiger partial charge in [-0.05, 0) is 24.3 Å². The number of rotatable bonds is 7. The second-order valence-electron chi connectivity index (χ2n) is 5.34. The van der Waals surface area contributed by atoms with E-state index in [2.05, 4.69) is 15.5 Å². The Hall–Kier alpha value is -4.61. The fraction of sp³-hybridized carbons (Fsp3) is 0. The van der Waals surface area contributed by atoms with Crippen LogP contribution in [0.5, 0.6) is 0 Å². The molecule has 0 bridgehead atoms. The maximum Gasteiger partial charge on any atom is 0.433 e. The Morgan fingerprint density at radius 3 is 2.07 bits per heavy atom. The molecule has 12 heteroatoms. The molecule has 29 heavy (non-hydrogen) atoms. The number of hydrogen-bond donors (Lipinski definition) is 1. The van der Waals surface area contributed by atoms with E-state index in [4.69, 9.17) is 8.83 Å². The third kappa shape index (κ3) is 4.77. The minimum Gasteiger partial charge on any atom is -0.400 e. The maximum absolute atomic E-state index is 12.3. The van der Waals surface area contributed by atoms with Crippen LogP contribution in [-0.2, 0) is 0 Å². The van der Waals surface area contributed by atoms with Gasteiger partial charge in [-0.25, -0.2) is 5.43 Å². The van der Waals surface area contributed by atoms with Crippen LogP contribution in [0.1, 0.15) is 21.9 Å². The second kappa shape index (κ2) is 8.39. The number of nitrogens with zero attached hydrogens (tertiary/aromatic N) is 4. The number of nitrogens with one attached hydrogen (secondary N) is 1. The predicted octanol–water partition coefficient (Wildman–Crippen LogP) is 3.20. The number of aliphatic imine (C=N–C) groups is 1. The molecule has 146 valence electrons. The monoisotopic (exact) mass is 397 g/mol. The number of carbonyl (C=O) groups excluding carboxylic acids is 1. The summed E-state index contributed by atoms with van der Waals surface area (Å²) in [5.41, 5.74) is 2.70. The zero-order valence-corrected chi connectivity index (χ0v) is 14.4. The Balaban J connectivity index is 1.70. The zero-order valence-electron chi connectivity index (χ0n) is 14.4. The van der Waals surface area contributed by atoms with E-state index < -0.39 is 27.5 Å². The second-order valence-corrected chi connectivity index (χ2v) is 5.34. The molecule has 1 N–H and O–H groups in total. The molecule has 0 aliphatic rings. The van der Waals surface area contributed by atoms with Crippen LogP contribution in [0, 0.1) is 20.2 Å². The number of benzene rings is 1. The number of furan rings is 2. The van der Waals surface area contributed by atoms with E-state index in [1.807, 2.05) is 0 Å². The van der Waals surface area contributed by atoms with Gasteiger partial charge in [0, 0.05) is 0 Å². The first-order chi connectivity index (χ1) is 13.9. The standard InChI is InChI=1S/C17H11N5O7/c23-17(20-19-10-12-6-8-16(29-12)22(26)27)13-3-1-2-4-14(13)18-9-11-5-7-15(28-11)21(24)25/h1-10H,(H,20,23)/b18-9?,19-10+. The topological polar surface area (TPSA) is 166 Å². The van der Waals surface area contributed by atoms with Crippen molar-refractivity contribution in [2.75, 3.05) is 0 Å². The van der Waals surface area contributed by atoms with Crippen molar-refractivity contribution in [3.05, 3.63) is 85.8 Å². The summed E-state index contributed by atoms with van der Waals surface area (Å²) in [6.07, 6.45) is 2.35. The molecule has 2 aromatic heterocycles. The molecule has 1 amide bonds. The van der Waals surface area contributed by atoms with E-state index in [0.29, 0.717) is 0 Å². The van der Waals surface area contributed by atoms with Gasteiger partial charge < -0.3 is 8.83 Å². The molecule has 12 nitrogen and oxygen atoms in total. The van der Waals surface area contributed by atoms with Gasteiger partial charge in [-0.1, -0.05) is 12.1 Å². The average Bonchev–Trinajstić information content (AvgIpc) is 3.36. The number of hydrogen-bond acceptors (Lipinski definition) is 9. The average molecular weight is 397 g/mol. The van der Waals surface area contributed by atoms with E-state index in [1.165, 1.54) is 30.5 Å². The molecule has 0 atom stereocenters. The van der Waals surface area contributed by atoms with Gasteiger partial charge in [0.15, 0.2) is 11.5 Å². The molecule has 2 heterocycles. The van der Waals surface area contributed by atoms with Crippen LogP contribution in [0.15, 0.2) is 67.5 Å².